The molecule has 0 radical (unpaired) electrons. The summed E-state index contributed by atoms with van der Waals surface area (Å²) in [6.07, 6.45) is 4.58. The fourth-order valence-electron chi connectivity index (χ4n) is 1.48. The van der Waals surface area contributed by atoms with Crippen molar-refractivity contribution in [2.24, 2.45) is 0 Å². The van der Waals surface area contributed by atoms with Crippen molar-refractivity contribution in [1.82, 2.24) is 9.97 Å². The molecule has 19 heavy (non-hydrogen) atoms. The zero-order chi connectivity index (χ0) is 14.3. The second-order valence-electron chi connectivity index (χ2n) is 4.56. The third kappa shape index (κ3) is 6.37. The van der Waals surface area contributed by atoms with Crippen LogP contribution in [0, 0.1) is 6.92 Å². The third-order valence-corrected chi connectivity index (χ3v) is 3.52. The number of hydrogen-bond donors (Lipinski definition) is 2. The summed E-state index contributed by atoms with van der Waals surface area (Å²) in [5.74, 6) is 1.53. The minimum Gasteiger partial charge on any atom is -0.370 e. The summed E-state index contributed by atoms with van der Waals surface area (Å²) < 4.78 is 22.0. The fraction of sp³-hybridized carbons (Fsp3) is 0.667. The Kier molecular flexibility index (Phi) is 6.01. The molecule has 0 atom stereocenters. The first-order valence-corrected chi connectivity index (χ1v) is 8.47. The van der Waals surface area contributed by atoms with Crippen LogP contribution in [-0.4, -0.2) is 43.5 Å². The molecule has 0 aromatic carbocycles. The molecule has 0 spiro atoms. The van der Waals surface area contributed by atoms with Gasteiger partial charge in [-0.15, -0.1) is 0 Å². The number of anilines is 2. The van der Waals surface area contributed by atoms with Crippen LogP contribution in [0.3, 0.4) is 0 Å². The van der Waals surface area contributed by atoms with Gasteiger partial charge in [-0.3, -0.25) is 0 Å². The van der Waals surface area contributed by atoms with E-state index in [1.165, 1.54) is 6.26 Å². The van der Waals surface area contributed by atoms with Crippen molar-refractivity contribution >= 4 is 21.6 Å². The summed E-state index contributed by atoms with van der Waals surface area (Å²) >= 11 is 0. The number of sulfone groups is 1. The van der Waals surface area contributed by atoms with E-state index in [2.05, 4.69) is 27.5 Å². The van der Waals surface area contributed by atoms with Crippen LogP contribution in [0.2, 0.25) is 0 Å². The van der Waals surface area contributed by atoms with Gasteiger partial charge in [0.25, 0.3) is 0 Å². The first kappa shape index (κ1) is 15.7. The zero-order valence-corrected chi connectivity index (χ0v) is 12.5. The molecule has 108 valence electrons. The number of aromatic nitrogens is 2. The van der Waals surface area contributed by atoms with Crippen LogP contribution in [0.5, 0.6) is 0 Å². The molecule has 7 heteroatoms. The molecule has 0 fully saturated rings. The highest BCUT2D eigenvalue weighted by Gasteiger charge is 2.05. The lowest BCUT2D eigenvalue weighted by atomic mass is 10.3. The van der Waals surface area contributed by atoms with E-state index in [1.54, 1.807) is 6.20 Å². The molecule has 0 aliphatic carbocycles. The van der Waals surface area contributed by atoms with Gasteiger partial charge in [0.15, 0.2) is 0 Å². The quantitative estimate of drug-likeness (QED) is 0.704. The minimum absolute atomic E-state index is 0.186. The maximum Gasteiger partial charge on any atom is 0.224 e. The number of hydrogen-bond acceptors (Lipinski definition) is 6. The molecular weight excluding hydrogens is 264 g/mol. The molecule has 6 nitrogen and oxygen atoms in total. The Bertz CT molecular complexity index is 502. The SMILES string of the molecule is CCCNc1ncc(C)c(NCCCS(C)(=O)=O)n1. The first-order chi connectivity index (χ1) is 8.92. The average molecular weight is 286 g/mol. The molecular formula is C12H22N4O2S. The molecule has 0 bridgehead atoms. The van der Waals surface area contributed by atoms with Gasteiger partial charge in [-0.2, -0.15) is 4.98 Å². The van der Waals surface area contributed by atoms with Crippen LogP contribution in [-0.2, 0) is 9.84 Å². The molecule has 1 heterocycles. The fourth-order valence-corrected chi connectivity index (χ4v) is 2.15. The predicted octanol–water partition coefficient (Wildman–Crippen LogP) is 1.45. The summed E-state index contributed by atoms with van der Waals surface area (Å²) in [6.45, 7) is 5.41. The zero-order valence-electron chi connectivity index (χ0n) is 11.7. The van der Waals surface area contributed by atoms with Gasteiger partial charge in [-0.25, -0.2) is 13.4 Å². The molecule has 0 aliphatic heterocycles. The van der Waals surface area contributed by atoms with Crippen molar-refractivity contribution in [3.05, 3.63) is 11.8 Å². The number of nitrogens with one attached hydrogen (secondary N) is 2. The average Bonchev–Trinajstić information content (AvgIpc) is 2.33. The Hall–Kier alpha value is -1.37. The molecule has 1 rings (SSSR count). The van der Waals surface area contributed by atoms with Gasteiger partial charge in [0, 0.05) is 31.1 Å². The van der Waals surface area contributed by atoms with Crippen molar-refractivity contribution in [2.45, 2.75) is 26.7 Å². The summed E-state index contributed by atoms with van der Waals surface area (Å²) in [7, 11) is -2.89. The van der Waals surface area contributed by atoms with Crippen LogP contribution in [0.15, 0.2) is 6.20 Å². The van der Waals surface area contributed by atoms with Gasteiger partial charge in [-0.1, -0.05) is 6.92 Å². The number of rotatable bonds is 8. The van der Waals surface area contributed by atoms with Crippen molar-refractivity contribution in [3.8, 4) is 0 Å². The van der Waals surface area contributed by atoms with E-state index in [9.17, 15) is 8.42 Å². The summed E-state index contributed by atoms with van der Waals surface area (Å²) in [6, 6.07) is 0. The Morgan fingerprint density at radius 1 is 1.26 bits per heavy atom. The maximum absolute atomic E-state index is 11.0. The normalized spacial score (nSPS) is 11.3. The Morgan fingerprint density at radius 3 is 2.63 bits per heavy atom. The van der Waals surface area contributed by atoms with Gasteiger partial charge < -0.3 is 10.6 Å². The standard InChI is InChI=1S/C12H22N4O2S/c1-4-6-14-12-15-9-10(2)11(16-12)13-7-5-8-19(3,17)18/h9H,4-8H2,1-3H3,(H2,13,14,15,16). The lowest BCUT2D eigenvalue weighted by Crippen LogP contribution is -2.12. The molecule has 0 unspecified atom stereocenters. The first-order valence-electron chi connectivity index (χ1n) is 6.41. The molecule has 0 saturated heterocycles. The van der Waals surface area contributed by atoms with Crippen molar-refractivity contribution < 1.29 is 8.42 Å². The van der Waals surface area contributed by atoms with E-state index < -0.39 is 9.84 Å². The highest BCUT2D eigenvalue weighted by Crippen LogP contribution is 2.12. The maximum atomic E-state index is 11.0. The van der Waals surface area contributed by atoms with Crippen LogP contribution in [0.25, 0.3) is 0 Å². The molecule has 0 saturated carbocycles. The third-order valence-electron chi connectivity index (χ3n) is 2.49. The summed E-state index contributed by atoms with van der Waals surface area (Å²) in [5, 5.41) is 6.27. The van der Waals surface area contributed by atoms with E-state index in [4.69, 9.17) is 0 Å². The van der Waals surface area contributed by atoms with Gasteiger partial charge in [0.2, 0.25) is 5.95 Å². The van der Waals surface area contributed by atoms with Gasteiger partial charge in [0.05, 0.1) is 5.75 Å². The van der Waals surface area contributed by atoms with Gasteiger partial charge >= 0.3 is 0 Å². The van der Waals surface area contributed by atoms with Crippen molar-refractivity contribution in [3.63, 3.8) is 0 Å². The van der Waals surface area contributed by atoms with E-state index in [0.717, 1.165) is 24.3 Å². The molecule has 1 aromatic heterocycles. The molecule has 0 aliphatic rings. The molecule has 1 aromatic rings. The van der Waals surface area contributed by atoms with Gasteiger partial charge in [0.1, 0.15) is 15.7 Å². The van der Waals surface area contributed by atoms with Crippen LogP contribution in [0.1, 0.15) is 25.3 Å². The van der Waals surface area contributed by atoms with Crippen LogP contribution >= 0.6 is 0 Å². The largest absolute Gasteiger partial charge is 0.370 e. The van der Waals surface area contributed by atoms with E-state index >= 15 is 0 Å². The second kappa shape index (κ2) is 7.28. The Labute approximate surface area is 115 Å². The van der Waals surface area contributed by atoms with Crippen LogP contribution in [0.4, 0.5) is 11.8 Å². The summed E-state index contributed by atoms with van der Waals surface area (Å²) in [5.41, 5.74) is 0.946. The lowest BCUT2D eigenvalue weighted by Gasteiger charge is -2.10. The Morgan fingerprint density at radius 2 is 2.00 bits per heavy atom. The highest BCUT2D eigenvalue weighted by molar-refractivity contribution is 7.90. The minimum atomic E-state index is -2.89. The second-order valence-corrected chi connectivity index (χ2v) is 6.82. The van der Waals surface area contributed by atoms with E-state index in [1.807, 2.05) is 6.92 Å². The van der Waals surface area contributed by atoms with E-state index in [-0.39, 0.29) is 5.75 Å². The topological polar surface area (TPSA) is 84.0 Å². The van der Waals surface area contributed by atoms with Gasteiger partial charge in [-0.05, 0) is 19.8 Å². The van der Waals surface area contributed by atoms with E-state index in [0.29, 0.717) is 18.9 Å². The predicted molar refractivity (Wildman–Crippen MR) is 78.4 cm³/mol. The Balaban J connectivity index is 2.52. The molecule has 0 amide bonds. The van der Waals surface area contributed by atoms with Crippen molar-refractivity contribution in [2.75, 3.05) is 35.7 Å². The lowest BCUT2D eigenvalue weighted by molar-refractivity contribution is 0.600. The molecule has 2 N–H and O–H groups in total. The highest BCUT2D eigenvalue weighted by atomic mass is 32.2. The smallest absolute Gasteiger partial charge is 0.224 e. The number of aryl methyl sites for hydroxylation is 1. The van der Waals surface area contributed by atoms with Crippen LogP contribution < -0.4 is 10.6 Å². The van der Waals surface area contributed by atoms with Crippen molar-refractivity contribution in [1.29, 1.82) is 0 Å². The monoisotopic (exact) mass is 286 g/mol. The number of nitrogens with zero attached hydrogens (tertiary/aromatic N) is 2. The summed E-state index contributed by atoms with van der Waals surface area (Å²) in [4.78, 5) is 8.55.